The number of piperazine rings is 1. The van der Waals surface area contributed by atoms with E-state index >= 15 is 0 Å². The quantitative estimate of drug-likeness (QED) is 0.832. The highest BCUT2D eigenvalue weighted by molar-refractivity contribution is 6.34. The summed E-state index contributed by atoms with van der Waals surface area (Å²) in [5, 5.41) is 2.60. The Morgan fingerprint density at radius 3 is 2.50 bits per heavy atom. The van der Waals surface area contributed by atoms with Gasteiger partial charge in [-0.2, -0.15) is 0 Å². The monoisotopic (exact) mass is 353 g/mol. The lowest BCUT2D eigenvalue weighted by molar-refractivity contribution is -0.147. The number of benzene rings is 1. The predicted octanol–water partition coefficient (Wildman–Crippen LogP) is 1.75. The number of carbonyl (C=O) groups excluding carboxylic acids is 2. The molecule has 1 aliphatic rings. The van der Waals surface area contributed by atoms with E-state index < -0.39 is 11.8 Å². The van der Waals surface area contributed by atoms with Crippen molar-refractivity contribution < 1.29 is 14.0 Å². The van der Waals surface area contributed by atoms with Crippen molar-refractivity contribution in [2.45, 2.75) is 6.54 Å². The number of rotatable bonds is 5. The highest BCUT2D eigenvalue weighted by atomic mass is 16.3. The number of nitrogens with one attached hydrogen (secondary N) is 1. The summed E-state index contributed by atoms with van der Waals surface area (Å²) in [7, 11) is 0. The fourth-order valence-electron chi connectivity index (χ4n) is 2.84. The minimum atomic E-state index is -0.584. The molecule has 0 atom stereocenters. The molecule has 0 bridgehead atoms. The molecular weight excluding hydrogens is 330 g/mol. The van der Waals surface area contributed by atoms with Gasteiger partial charge in [-0.25, -0.2) is 0 Å². The second kappa shape index (κ2) is 9.01. The third-order valence-electron chi connectivity index (χ3n) is 4.33. The van der Waals surface area contributed by atoms with Gasteiger partial charge in [0, 0.05) is 32.7 Å². The van der Waals surface area contributed by atoms with Gasteiger partial charge in [0.1, 0.15) is 5.76 Å². The minimum Gasteiger partial charge on any atom is -0.467 e. The van der Waals surface area contributed by atoms with Gasteiger partial charge < -0.3 is 14.6 Å². The Morgan fingerprint density at radius 1 is 1.04 bits per heavy atom. The lowest BCUT2D eigenvalue weighted by Gasteiger charge is -2.33. The fourth-order valence-corrected chi connectivity index (χ4v) is 2.84. The normalized spacial score (nSPS) is 15.3. The summed E-state index contributed by atoms with van der Waals surface area (Å²) in [6.07, 6.45) is 5.76. The number of hydrogen-bond acceptors (Lipinski definition) is 4. The lowest BCUT2D eigenvalue weighted by Crippen LogP contribution is -2.52. The maximum atomic E-state index is 12.2. The first-order valence-electron chi connectivity index (χ1n) is 8.76. The van der Waals surface area contributed by atoms with Crippen molar-refractivity contribution in [2.75, 3.05) is 32.7 Å². The molecule has 3 rings (SSSR count). The van der Waals surface area contributed by atoms with E-state index in [1.165, 1.54) is 11.8 Å². The highest BCUT2D eigenvalue weighted by Gasteiger charge is 2.25. The van der Waals surface area contributed by atoms with Crippen LogP contribution in [0.3, 0.4) is 0 Å². The van der Waals surface area contributed by atoms with Gasteiger partial charge in [0.25, 0.3) is 0 Å². The molecule has 26 heavy (non-hydrogen) atoms. The van der Waals surface area contributed by atoms with Crippen molar-refractivity contribution in [3.8, 4) is 0 Å². The van der Waals surface area contributed by atoms with Gasteiger partial charge in [-0.05, 0) is 17.7 Å². The molecule has 0 aliphatic carbocycles. The Balaban J connectivity index is 1.39. The Labute approximate surface area is 153 Å². The molecule has 1 N–H and O–H groups in total. The van der Waals surface area contributed by atoms with Crippen LogP contribution in [0.5, 0.6) is 0 Å². The Hall–Kier alpha value is -2.86. The van der Waals surface area contributed by atoms with E-state index in [1.807, 2.05) is 18.2 Å². The smallest absolute Gasteiger partial charge is 0.311 e. The van der Waals surface area contributed by atoms with E-state index in [-0.39, 0.29) is 6.54 Å². The van der Waals surface area contributed by atoms with Crippen LogP contribution in [-0.4, -0.2) is 54.3 Å². The summed E-state index contributed by atoms with van der Waals surface area (Å²) in [6, 6.07) is 13.7. The van der Waals surface area contributed by atoms with Crippen molar-refractivity contribution in [1.29, 1.82) is 0 Å². The van der Waals surface area contributed by atoms with Gasteiger partial charge in [-0.15, -0.1) is 0 Å². The van der Waals surface area contributed by atoms with Crippen LogP contribution in [0.1, 0.15) is 11.3 Å². The lowest BCUT2D eigenvalue weighted by atomic mass is 10.2. The first kappa shape index (κ1) is 17.9. The van der Waals surface area contributed by atoms with Gasteiger partial charge in [0.15, 0.2) is 0 Å². The summed E-state index contributed by atoms with van der Waals surface area (Å²) < 4.78 is 5.14. The number of nitrogens with zero attached hydrogens (tertiary/aromatic N) is 2. The maximum absolute atomic E-state index is 12.2. The van der Waals surface area contributed by atoms with Crippen LogP contribution in [0.25, 0.3) is 6.08 Å². The zero-order chi connectivity index (χ0) is 18.2. The van der Waals surface area contributed by atoms with E-state index in [0.29, 0.717) is 18.8 Å². The molecule has 1 fully saturated rings. The number of amides is 2. The molecule has 2 amide bonds. The van der Waals surface area contributed by atoms with Crippen LogP contribution in [-0.2, 0) is 16.1 Å². The molecule has 0 radical (unpaired) electrons. The molecular formula is C20H23N3O3. The second-order valence-corrected chi connectivity index (χ2v) is 6.17. The Morgan fingerprint density at radius 2 is 1.81 bits per heavy atom. The third-order valence-corrected chi connectivity index (χ3v) is 4.33. The summed E-state index contributed by atoms with van der Waals surface area (Å²) in [6.45, 7) is 3.70. The fraction of sp³-hybridized carbons (Fsp3) is 0.300. The summed E-state index contributed by atoms with van der Waals surface area (Å²) >= 11 is 0. The molecule has 1 aromatic heterocycles. The van der Waals surface area contributed by atoms with Gasteiger partial charge in [0.2, 0.25) is 0 Å². The number of hydrogen-bond donors (Lipinski definition) is 1. The van der Waals surface area contributed by atoms with E-state index in [4.69, 9.17) is 4.42 Å². The summed E-state index contributed by atoms with van der Waals surface area (Å²) in [5.41, 5.74) is 1.18. The Kier molecular flexibility index (Phi) is 6.22. The molecule has 0 spiro atoms. The van der Waals surface area contributed by atoms with Gasteiger partial charge in [-0.3, -0.25) is 14.5 Å². The van der Waals surface area contributed by atoms with Crippen LogP contribution in [0.15, 0.2) is 59.2 Å². The molecule has 6 heteroatoms. The topological polar surface area (TPSA) is 65.8 Å². The molecule has 2 aromatic rings. The van der Waals surface area contributed by atoms with Crippen molar-refractivity contribution in [2.24, 2.45) is 0 Å². The molecule has 0 saturated carbocycles. The molecule has 6 nitrogen and oxygen atoms in total. The highest BCUT2D eigenvalue weighted by Crippen LogP contribution is 2.05. The summed E-state index contributed by atoms with van der Waals surface area (Å²) in [5.74, 6) is -0.434. The average Bonchev–Trinajstić information content (AvgIpc) is 3.20. The predicted molar refractivity (Wildman–Crippen MR) is 99.1 cm³/mol. The second-order valence-electron chi connectivity index (χ2n) is 6.17. The van der Waals surface area contributed by atoms with Crippen molar-refractivity contribution in [3.05, 3.63) is 66.1 Å². The van der Waals surface area contributed by atoms with E-state index in [1.54, 1.807) is 17.0 Å². The van der Waals surface area contributed by atoms with E-state index in [0.717, 1.165) is 19.6 Å². The molecule has 1 saturated heterocycles. The maximum Gasteiger partial charge on any atom is 0.311 e. The molecule has 136 valence electrons. The SMILES string of the molecule is O=C(NCc1ccco1)C(=O)N1CCN(C/C=C/c2ccccc2)CC1. The van der Waals surface area contributed by atoms with Gasteiger partial charge in [0.05, 0.1) is 12.8 Å². The van der Waals surface area contributed by atoms with Gasteiger partial charge in [-0.1, -0.05) is 42.5 Å². The zero-order valence-electron chi connectivity index (χ0n) is 14.6. The number of furan rings is 1. The number of carbonyl (C=O) groups is 2. The Bertz CT molecular complexity index is 733. The van der Waals surface area contributed by atoms with Crippen LogP contribution in [0, 0.1) is 0 Å². The van der Waals surface area contributed by atoms with Crippen LogP contribution in [0.2, 0.25) is 0 Å². The third kappa shape index (κ3) is 5.07. The standard InChI is InChI=1S/C20H23N3O3/c24-19(21-16-18-9-5-15-26-18)20(25)23-13-11-22(12-14-23)10-4-8-17-6-2-1-3-7-17/h1-9,15H,10-14,16H2,(H,21,24)/b8-4+. The van der Waals surface area contributed by atoms with Crippen LogP contribution < -0.4 is 5.32 Å². The van der Waals surface area contributed by atoms with E-state index in [2.05, 4.69) is 34.5 Å². The molecule has 0 unspecified atom stereocenters. The first-order valence-corrected chi connectivity index (χ1v) is 8.76. The largest absolute Gasteiger partial charge is 0.467 e. The molecule has 2 heterocycles. The van der Waals surface area contributed by atoms with Crippen molar-refractivity contribution in [1.82, 2.24) is 15.1 Å². The summed E-state index contributed by atoms with van der Waals surface area (Å²) in [4.78, 5) is 28.1. The first-order chi connectivity index (χ1) is 12.7. The molecule has 1 aliphatic heterocycles. The minimum absolute atomic E-state index is 0.224. The zero-order valence-corrected chi connectivity index (χ0v) is 14.6. The van der Waals surface area contributed by atoms with E-state index in [9.17, 15) is 9.59 Å². The van der Waals surface area contributed by atoms with Crippen LogP contribution in [0.4, 0.5) is 0 Å². The average molecular weight is 353 g/mol. The molecule has 1 aromatic carbocycles. The van der Waals surface area contributed by atoms with Crippen molar-refractivity contribution >= 4 is 17.9 Å². The van der Waals surface area contributed by atoms with Crippen molar-refractivity contribution in [3.63, 3.8) is 0 Å². The van der Waals surface area contributed by atoms with Gasteiger partial charge >= 0.3 is 11.8 Å². The van der Waals surface area contributed by atoms with Crippen LogP contribution >= 0.6 is 0 Å².